The van der Waals surface area contributed by atoms with Gasteiger partial charge in [-0.25, -0.2) is 9.78 Å². The van der Waals surface area contributed by atoms with Crippen LogP contribution in [0.1, 0.15) is 10.4 Å². The van der Waals surface area contributed by atoms with E-state index in [1.807, 2.05) is 14.1 Å². The number of fused-ring (bicyclic) bond motifs is 1. The molecule has 2 rings (SSSR count). The third-order valence-electron chi connectivity index (χ3n) is 2.28. The molecule has 2 heterocycles. The molecule has 0 fully saturated rings. The first-order valence-electron chi connectivity index (χ1n) is 4.75. The molecule has 2 aromatic rings. The second kappa shape index (κ2) is 3.77. The van der Waals surface area contributed by atoms with E-state index in [4.69, 9.17) is 5.11 Å². The van der Waals surface area contributed by atoms with Gasteiger partial charge in [-0.15, -0.1) is 0 Å². The predicted molar refractivity (Wildman–Crippen MR) is 60.8 cm³/mol. The molecular weight excluding hydrogens is 206 g/mol. The number of hydrogen-bond acceptors (Lipinski definition) is 4. The van der Waals surface area contributed by atoms with Crippen molar-refractivity contribution in [3.05, 3.63) is 30.1 Å². The summed E-state index contributed by atoms with van der Waals surface area (Å²) < 4.78 is 0. The van der Waals surface area contributed by atoms with Crippen LogP contribution in [0, 0.1) is 0 Å². The maximum Gasteiger partial charge on any atom is 0.337 e. The van der Waals surface area contributed by atoms with Crippen molar-refractivity contribution in [3.8, 4) is 0 Å². The molecule has 0 amide bonds. The Labute approximate surface area is 92.4 Å². The lowest BCUT2D eigenvalue weighted by Crippen LogP contribution is -2.13. The van der Waals surface area contributed by atoms with Crippen molar-refractivity contribution in [2.45, 2.75) is 0 Å². The van der Waals surface area contributed by atoms with Crippen molar-refractivity contribution in [1.29, 1.82) is 0 Å². The fourth-order valence-electron chi connectivity index (χ4n) is 1.55. The van der Waals surface area contributed by atoms with Crippen molar-refractivity contribution in [3.63, 3.8) is 0 Å². The van der Waals surface area contributed by atoms with Crippen LogP contribution < -0.4 is 4.90 Å². The summed E-state index contributed by atoms with van der Waals surface area (Å²) in [5.41, 5.74) is 0.779. The van der Waals surface area contributed by atoms with E-state index < -0.39 is 5.97 Å². The number of carboxylic acids is 1. The van der Waals surface area contributed by atoms with Gasteiger partial charge < -0.3 is 10.0 Å². The van der Waals surface area contributed by atoms with Crippen LogP contribution in [0.25, 0.3) is 10.9 Å². The van der Waals surface area contributed by atoms with Gasteiger partial charge >= 0.3 is 5.97 Å². The van der Waals surface area contributed by atoms with E-state index in [0.717, 1.165) is 0 Å². The minimum Gasteiger partial charge on any atom is -0.478 e. The van der Waals surface area contributed by atoms with E-state index in [2.05, 4.69) is 9.97 Å². The van der Waals surface area contributed by atoms with Gasteiger partial charge in [-0.1, -0.05) is 6.07 Å². The van der Waals surface area contributed by atoms with Crippen LogP contribution in [0.3, 0.4) is 0 Å². The molecule has 0 saturated carbocycles. The smallest absolute Gasteiger partial charge is 0.337 e. The molecule has 16 heavy (non-hydrogen) atoms. The summed E-state index contributed by atoms with van der Waals surface area (Å²) in [7, 11) is 3.69. The normalized spacial score (nSPS) is 10.4. The molecule has 0 bridgehead atoms. The summed E-state index contributed by atoms with van der Waals surface area (Å²) in [6, 6.07) is 3.45. The Morgan fingerprint density at radius 1 is 1.38 bits per heavy atom. The average Bonchev–Trinajstić information content (AvgIpc) is 2.27. The molecule has 5 heteroatoms. The lowest BCUT2D eigenvalue weighted by atomic mass is 10.1. The maximum atomic E-state index is 11.0. The predicted octanol–water partition coefficient (Wildman–Crippen LogP) is 1.39. The lowest BCUT2D eigenvalue weighted by Gasteiger charge is -2.13. The summed E-state index contributed by atoms with van der Waals surface area (Å²) in [6.45, 7) is 0. The molecule has 82 valence electrons. The van der Waals surface area contributed by atoms with Gasteiger partial charge in [0.15, 0.2) is 5.82 Å². The number of aromatic nitrogens is 2. The first-order chi connectivity index (χ1) is 7.61. The van der Waals surface area contributed by atoms with Crippen LogP contribution in [0.2, 0.25) is 0 Å². The zero-order chi connectivity index (χ0) is 11.7. The first kappa shape index (κ1) is 10.4. The van der Waals surface area contributed by atoms with Gasteiger partial charge in [0.1, 0.15) is 5.52 Å². The number of aromatic carboxylic acids is 1. The summed E-state index contributed by atoms with van der Waals surface area (Å²) in [4.78, 5) is 21.1. The zero-order valence-corrected chi connectivity index (χ0v) is 9.01. The van der Waals surface area contributed by atoms with Gasteiger partial charge in [-0.2, -0.15) is 0 Å². The molecule has 0 aliphatic heterocycles. The van der Waals surface area contributed by atoms with Crippen LogP contribution in [0.4, 0.5) is 5.82 Å². The summed E-state index contributed by atoms with van der Waals surface area (Å²) >= 11 is 0. The van der Waals surface area contributed by atoms with Crippen molar-refractivity contribution in [2.24, 2.45) is 0 Å². The minimum atomic E-state index is -0.990. The highest BCUT2D eigenvalue weighted by Crippen LogP contribution is 2.23. The molecule has 0 radical (unpaired) electrons. The van der Waals surface area contributed by atoms with Gasteiger partial charge in [0, 0.05) is 31.9 Å². The molecule has 5 nitrogen and oxygen atoms in total. The molecule has 1 N–H and O–H groups in total. The fraction of sp³-hybridized carbons (Fsp3) is 0.182. The number of pyridine rings is 2. The van der Waals surface area contributed by atoms with E-state index in [-0.39, 0.29) is 5.56 Å². The third-order valence-corrected chi connectivity index (χ3v) is 2.28. The van der Waals surface area contributed by atoms with Crippen LogP contribution in [-0.2, 0) is 0 Å². The Hall–Kier alpha value is -2.17. The van der Waals surface area contributed by atoms with Gasteiger partial charge in [-0.05, 0) is 6.07 Å². The van der Waals surface area contributed by atoms with Crippen molar-refractivity contribution < 1.29 is 9.90 Å². The lowest BCUT2D eigenvalue weighted by molar-refractivity contribution is 0.0698. The Kier molecular flexibility index (Phi) is 2.44. The number of anilines is 1. The molecule has 0 aromatic carbocycles. The molecule has 0 aliphatic carbocycles. The Bertz CT molecular complexity index is 552. The quantitative estimate of drug-likeness (QED) is 0.823. The summed E-state index contributed by atoms with van der Waals surface area (Å²) in [5, 5.41) is 9.64. The van der Waals surface area contributed by atoms with Gasteiger partial charge in [0.05, 0.1) is 5.56 Å². The molecule has 0 saturated heterocycles. The van der Waals surface area contributed by atoms with E-state index >= 15 is 0 Å². The monoisotopic (exact) mass is 217 g/mol. The van der Waals surface area contributed by atoms with E-state index in [9.17, 15) is 4.79 Å². The van der Waals surface area contributed by atoms with Crippen LogP contribution >= 0.6 is 0 Å². The highest BCUT2D eigenvalue weighted by atomic mass is 16.4. The highest BCUT2D eigenvalue weighted by molar-refractivity contribution is 6.04. The number of carboxylic acid groups (broad SMARTS) is 1. The largest absolute Gasteiger partial charge is 0.478 e. The molecule has 0 aliphatic rings. The molecule has 2 aromatic heterocycles. The first-order valence-corrected chi connectivity index (χ1v) is 4.75. The SMILES string of the molecule is CN(C)c1ncc(C(=O)O)c2cccnc12. The summed E-state index contributed by atoms with van der Waals surface area (Å²) in [6.07, 6.45) is 2.99. The average molecular weight is 217 g/mol. The van der Waals surface area contributed by atoms with Crippen LogP contribution in [0.5, 0.6) is 0 Å². The Morgan fingerprint density at radius 2 is 2.12 bits per heavy atom. The number of rotatable bonds is 2. The maximum absolute atomic E-state index is 11.0. The van der Waals surface area contributed by atoms with Crippen molar-refractivity contribution in [1.82, 2.24) is 9.97 Å². The standard InChI is InChI=1S/C11H11N3O2/c1-14(2)10-9-7(4-3-5-12-9)8(6-13-10)11(15)16/h3-6H,1-2H3,(H,15,16). The molecular formula is C11H11N3O2. The van der Waals surface area contributed by atoms with Crippen molar-refractivity contribution >= 4 is 22.7 Å². The van der Waals surface area contributed by atoms with Crippen LogP contribution in [-0.4, -0.2) is 35.1 Å². The third kappa shape index (κ3) is 1.56. The van der Waals surface area contributed by atoms with Gasteiger partial charge in [0.25, 0.3) is 0 Å². The fourth-order valence-corrected chi connectivity index (χ4v) is 1.55. The van der Waals surface area contributed by atoms with Gasteiger partial charge in [-0.3, -0.25) is 4.98 Å². The molecule has 0 spiro atoms. The number of nitrogens with zero attached hydrogens (tertiary/aromatic N) is 3. The van der Waals surface area contributed by atoms with Gasteiger partial charge in [0.2, 0.25) is 0 Å². The van der Waals surface area contributed by atoms with E-state index in [1.54, 1.807) is 23.2 Å². The highest BCUT2D eigenvalue weighted by Gasteiger charge is 2.13. The Morgan fingerprint density at radius 3 is 2.75 bits per heavy atom. The van der Waals surface area contributed by atoms with Crippen LogP contribution in [0.15, 0.2) is 24.5 Å². The number of hydrogen-bond donors (Lipinski definition) is 1. The van der Waals surface area contributed by atoms with Crippen molar-refractivity contribution in [2.75, 3.05) is 19.0 Å². The minimum absolute atomic E-state index is 0.175. The topological polar surface area (TPSA) is 66.3 Å². The number of carbonyl (C=O) groups is 1. The zero-order valence-electron chi connectivity index (χ0n) is 9.01. The van der Waals surface area contributed by atoms with E-state index in [1.165, 1.54) is 6.20 Å². The summed E-state index contributed by atoms with van der Waals surface area (Å²) in [5.74, 6) is -0.323. The Balaban J connectivity index is 2.82. The second-order valence-corrected chi connectivity index (χ2v) is 3.59. The second-order valence-electron chi connectivity index (χ2n) is 3.59. The molecule has 0 atom stereocenters. The molecule has 0 unspecified atom stereocenters. The van der Waals surface area contributed by atoms with E-state index in [0.29, 0.717) is 16.7 Å².